The van der Waals surface area contributed by atoms with Crippen molar-refractivity contribution in [1.29, 1.82) is 0 Å². The van der Waals surface area contributed by atoms with Gasteiger partial charge in [0.25, 0.3) is 5.91 Å². The second kappa shape index (κ2) is 9.12. The van der Waals surface area contributed by atoms with Crippen LogP contribution in [-0.4, -0.2) is 21.7 Å². The number of nitrogens with zero attached hydrogens (tertiary/aromatic N) is 2. The summed E-state index contributed by atoms with van der Waals surface area (Å²) >= 11 is 0. The molecular weight excluding hydrogens is 414 g/mol. The van der Waals surface area contributed by atoms with Gasteiger partial charge < -0.3 is 10.1 Å². The van der Waals surface area contributed by atoms with E-state index in [2.05, 4.69) is 22.5 Å². The molecule has 2 heterocycles. The maximum Gasteiger partial charge on any atom is 0.339 e. The molecule has 1 unspecified atom stereocenters. The van der Waals surface area contributed by atoms with Crippen LogP contribution in [0.1, 0.15) is 49.1 Å². The number of nitrogens with one attached hydrogen (secondary N) is 1. The maximum absolute atomic E-state index is 12.8. The van der Waals surface area contributed by atoms with Gasteiger partial charge in [0.15, 0.2) is 0 Å². The minimum absolute atomic E-state index is 0.191. The van der Waals surface area contributed by atoms with Gasteiger partial charge in [0, 0.05) is 30.3 Å². The number of cyclic esters (lactones) is 1. The number of aromatic nitrogens is 2. The van der Waals surface area contributed by atoms with E-state index in [1.807, 2.05) is 59.4 Å². The number of benzene rings is 3. The Hall–Kier alpha value is -4.19. The number of fused-ring (bicyclic) bond motifs is 1. The van der Waals surface area contributed by atoms with E-state index in [0.717, 1.165) is 22.3 Å². The molecule has 164 valence electrons. The van der Waals surface area contributed by atoms with E-state index in [9.17, 15) is 9.59 Å². The van der Waals surface area contributed by atoms with Gasteiger partial charge >= 0.3 is 5.97 Å². The highest BCUT2D eigenvalue weighted by Gasteiger charge is 2.28. The van der Waals surface area contributed by atoms with Crippen LogP contribution in [0.2, 0.25) is 0 Å². The van der Waals surface area contributed by atoms with Crippen LogP contribution >= 0.6 is 0 Å². The number of rotatable bonds is 6. The van der Waals surface area contributed by atoms with E-state index in [4.69, 9.17) is 4.74 Å². The van der Waals surface area contributed by atoms with Gasteiger partial charge in [0.2, 0.25) is 0 Å². The Balaban J connectivity index is 1.24. The number of hydrogen-bond acceptors (Lipinski definition) is 4. The first-order valence-electron chi connectivity index (χ1n) is 10.9. The molecule has 0 saturated carbocycles. The van der Waals surface area contributed by atoms with Crippen LogP contribution in [0.5, 0.6) is 0 Å². The van der Waals surface area contributed by atoms with Crippen LogP contribution < -0.4 is 5.32 Å². The first-order chi connectivity index (χ1) is 16.2. The minimum Gasteiger partial charge on any atom is -0.454 e. The molecule has 1 aromatic heterocycles. The highest BCUT2D eigenvalue weighted by atomic mass is 16.5. The Bertz CT molecular complexity index is 1280. The molecule has 6 nitrogen and oxygen atoms in total. The second-order valence-corrected chi connectivity index (χ2v) is 8.10. The summed E-state index contributed by atoms with van der Waals surface area (Å²) in [6.07, 6.45) is 3.88. The van der Waals surface area contributed by atoms with Crippen LogP contribution in [-0.2, 0) is 24.2 Å². The number of amides is 1. The van der Waals surface area contributed by atoms with Gasteiger partial charge in [-0.05, 0) is 34.9 Å². The van der Waals surface area contributed by atoms with E-state index in [1.54, 1.807) is 24.4 Å². The van der Waals surface area contributed by atoms with Gasteiger partial charge in [-0.1, -0.05) is 60.7 Å². The predicted octanol–water partition coefficient (Wildman–Crippen LogP) is 4.32. The zero-order valence-corrected chi connectivity index (χ0v) is 18.0. The van der Waals surface area contributed by atoms with Crippen molar-refractivity contribution in [3.05, 3.63) is 125 Å². The van der Waals surface area contributed by atoms with Crippen LogP contribution in [0.3, 0.4) is 0 Å². The number of ether oxygens (including phenoxy) is 1. The standard InChI is InChI=1S/C27H23N3O3/c31-26(28-15-20-16-29-30(18-20)17-19-7-3-1-4-8-19)22-11-12-24-23(13-22)14-25(33-27(24)32)21-9-5-2-6-10-21/h1-13,16,18,25H,14-15,17H2,(H,28,31). The zero-order valence-electron chi connectivity index (χ0n) is 18.0. The lowest BCUT2D eigenvalue weighted by Crippen LogP contribution is -2.25. The average molecular weight is 437 g/mol. The fraction of sp³-hybridized carbons (Fsp3) is 0.148. The van der Waals surface area contributed by atoms with Gasteiger partial charge in [0.05, 0.1) is 18.3 Å². The number of esters is 1. The van der Waals surface area contributed by atoms with Gasteiger partial charge in [0.1, 0.15) is 6.10 Å². The highest BCUT2D eigenvalue weighted by molar-refractivity contribution is 5.97. The molecule has 0 aliphatic carbocycles. The van der Waals surface area contributed by atoms with Crippen molar-refractivity contribution in [2.45, 2.75) is 25.6 Å². The summed E-state index contributed by atoms with van der Waals surface area (Å²) in [5, 5.41) is 7.32. The predicted molar refractivity (Wildman–Crippen MR) is 124 cm³/mol. The minimum atomic E-state index is -0.358. The van der Waals surface area contributed by atoms with Crippen LogP contribution in [0.4, 0.5) is 0 Å². The third kappa shape index (κ3) is 4.70. The maximum atomic E-state index is 12.8. The summed E-state index contributed by atoms with van der Waals surface area (Å²) in [7, 11) is 0. The molecule has 0 saturated heterocycles. The van der Waals surface area contributed by atoms with Crippen molar-refractivity contribution >= 4 is 11.9 Å². The molecule has 0 radical (unpaired) electrons. The summed E-state index contributed by atoms with van der Waals surface area (Å²) in [5.41, 5.74) is 4.89. The highest BCUT2D eigenvalue weighted by Crippen LogP contribution is 2.31. The van der Waals surface area contributed by atoms with Crippen molar-refractivity contribution in [1.82, 2.24) is 15.1 Å². The Morgan fingerprint density at radius 2 is 1.76 bits per heavy atom. The first-order valence-corrected chi connectivity index (χ1v) is 10.9. The van der Waals surface area contributed by atoms with E-state index in [-0.39, 0.29) is 18.0 Å². The van der Waals surface area contributed by atoms with Gasteiger partial charge in [-0.2, -0.15) is 5.10 Å². The fourth-order valence-electron chi connectivity index (χ4n) is 4.03. The van der Waals surface area contributed by atoms with Crippen molar-refractivity contribution in [2.24, 2.45) is 0 Å². The summed E-state index contributed by atoms with van der Waals surface area (Å²) in [6, 6.07) is 24.9. The summed E-state index contributed by atoms with van der Waals surface area (Å²) in [5.74, 6) is -0.549. The molecule has 3 aromatic carbocycles. The van der Waals surface area contributed by atoms with Crippen molar-refractivity contribution in [3.63, 3.8) is 0 Å². The largest absolute Gasteiger partial charge is 0.454 e. The summed E-state index contributed by atoms with van der Waals surface area (Å²) in [6.45, 7) is 1.05. The fourth-order valence-corrected chi connectivity index (χ4v) is 4.03. The smallest absolute Gasteiger partial charge is 0.339 e. The molecule has 1 atom stereocenters. The van der Waals surface area contributed by atoms with Crippen molar-refractivity contribution in [3.8, 4) is 0 Å². The molecule has 0 bridgehead atoms. The van der Waals surface area contributed by atoms with E-state index in [1.165, 1.54) is 0 Å². The zero-order chi connectivity index (χ0) is 22.6. The SMILES string of the molecule is O=C(NCc1cnn(Cc2ccccc2)c1)c1ccc2c(c1)CC(c1ccccc1)OC2=O. The van der Waals surface area contributed by atoms with Crippen LogP contribution in [0.25, 0.3) is 0 Å². The number of carbonyl (C=O) groups excluding carboxylic acids is 2. The molecule has 1 aliphatic rings. The van der Waals surface area contributed by atoms with Gasteiger partial charge in [-0.3, -0.25) is 9.48 Å². The molecule has 1 N–H and O–H groups in total. The Kier molecular flexibility index (Phi) is 5.72. The normalized spacial score (nSPS) is 14.9. The van der Waals surface area contributed by atoms with E-state index >= 15 is 0 Å². The average Bonchev–Trinajstić information content (AvgIpc) is 3.30. The third-order valence-electron chi connectivity index (χ3n) is 5.74. The second-order valence-electron chi connectivity index (χ2n) is 8.10. The lowest BCUT2D eigenvalue weighted by atomic mass is 9.93. The number of hydrogen-bond donors (Lipinski definition) is 1. The first kappa shape index (κ1) is 20.7. The molecule has 4 aromatic rings. The topological polar surface area (TPSA) is 73.2 Å². The monoisotopic (exact) mass is 437 g/mol. The van der Waals surface area contributed by atoms with Crippen LogP contribution in [0, 0.1) is 0 Å². The Labute approximate surface area is 191 Å². The molecule has 0 fully saturated rings. The molecule has 6 heteroatoms. The van der Waals surface area contributed by atoms with Crippen molar-refractivity contribution < 1.29 is 14.3 Å². The van der Waals surface area contributed by atoms with Crippen LogP contribution in [0.15, 0.2) is 91.3 Å². The lowest BCUT2D eigenvalue weighted by molar-refractivity contribution is 0.0252. The van der Waals surface area contributed by atoms with E-state index < -0.39 is 0 Å². The molecule has 1 aliphatic heterocycles. The molecule has 5 rings (SSSR count). The van der Waals surface area contributed by atoms with Crippen molar-refractivity contribution in [2.75, 3.05) is 0 Å². The van der Waals surface area contributed by atoms with E-state index in [0.29, 0.717) is 30.6 Å². The van der Waals surface area contributed by atoms with Gasteiger partial charge in [-0.15, -0.1) is 0 Å². The van der Waals surface area contributed by atoms with Gasteiger partial charge in [-0.25, -0.2) is 4.79 Å². The Morgan fingerprint density at radius 1 is 1.00 bits per heavy atom. The lowest BCUT2D eigenvalue weighted by Gasteiger charge is -2.25. The summed E-state index contributed by atoms with van der Waals surface area (Å²) < 4.78 is 7.45. The third-order valence-corrected chi connectivity index (χ3v) is 5.74. The quantitative estimate of drug-likeness (QED) is 0.456. The Morgan fingerprint density at radius 3 is 2.55 bits per heavy atom. The molecule has 0 spiro atoms. The molecule has 33 heavy (non-hydrogen) atoms. The number of carbonyl (C=O) groups is 2. The summed E-state index contributed by atoms with van der Waals surface area (Å²) in [4.78, 5) is 25.2. The molecular formula is C27H23N3O3. The molecule has 1 amide bonds.